The largest absolute Gasteiger partial charge is 0.416 e. The summed E-state index contributed by atoms with van der Waals surface area (Å²) in [5, 5.41) is 0. The van der Waals surface area contributed by atoms with E-state index in [1.807, 2.05) is 12.3 Å². The van der Waals surface area contributed by atoms with Crippen LogP contribution in [-0.2, 0) is 12.6 Å². The van der Waals surface area contributed by atoms with E-state index in [0.717, 1.165) is 40.9 Å². The minimum Gasteiger partial charge on any atom is -0.361 e. The first-order chi connectivity index (χ1) is 11.8. The van der Waals surface area contributed by atoms with Gasteiger partial charge in [-0.05, 0) is 52.8 Å². The van der Waals surface area contributed by atoms with Crippen molar-refractivity contribution in [2.75, 3.05) is 0 Å². The van der Waals surface area contributed by atoms with Crippen LogP contribution in [0.1, 0.15) is 25.0 Å². The minimum atomic E-state index is -4.31. The van der Waals surface area contributed by atoms with Gasteiger partial charge in [-0.2, -0.15) is 13.2 Å². The maximum Gasteiger partial charge on any atom is 0.416 e. The number of benzene rings is 2. The van der Waals surface area contributed by atoms with Crippen molar-refractivity contribution in [1.29, 1.82) is 0 Å². The van der Waals surface area contributed by atoms with E-state index in [1.165, 1.54) is 17.7 Å². The molecular weight excluding hydrogens is 323 g/mol. The van der Waals surface area contributed by atoms with Crippen molar-refractivity contribution in [2.24, 2.45) is 5.92 Å². The van der Waals surface area contributed by atoms with Gasteiger partial charge in [0.1, 0.15) is 0 Å². The molecule has 0 radical (unpaired) electrons. The van der Waals surface area contributed by atoms with Crippen LogP contribution in [0, 0.1) is 5.92 Å². The van der Waals surface area contributed by atoms with Crippen LogP contribution in [0.5, 0.6) is 0 Å². The van der Waals surface area contributed by atoms with Crippen molar-refractivity contribution in [3.05, 3.63) is 71.9 Å². The quantitative estimate of drug-likeness (QED) is 0.552. The molecule has 0 fully saturated rings. The summed E-state index contributed by atoms with van der Waals surface area (Å²) in [5.74, 6) is 0.614. The number of hydrogen-bond acceptors (Lipinski definition) is 0. The second-order valence-corrected chi connectivity index (χ2v) is 6.67. The molecule has 25 heavy (non-hydrogen) atoms. The highest BCUT2D eigenvalue weighted by molar-refractivity contribution is 5.71. The third kappa shape index (κ3) is 4.13. The molecule has 1 N–H and O–H groups in total. The number of aromatic nitrogens is 1. The molecule has 0 spiro atoms. The van der Waals surface area contributed by atoms with Crippen LogP contribution in [-0.4, -0.2) is 4.98 Å². The van der Waals surface area contributed by atoms with Gasteiger partial charge in [-0.1, -0.05) is 50.2 Å². The van der Waals surface area contributed by atoms with Crippen molar-refractivity contribution in [2.45, 2.75) is 26.4 Å². The SMILES string of the molecule is CC(C)Cc1ccc(-c2cc(-c3ccc(C(F)(F)F)cc3)c[nH]2)cc1. The average molecular weight is 343 g/mol. The third-order valence-corrected chi connectivity index (χ3v) is 4.14. The zero-order valence-corrected chi connectivity index (χ0v) is 14.2. The molecule has 130 valence electrons. The molecular formula is C21H20F3N. The van der Waals surface area contributed by atoms with Gasteiger partial charge in [0.2, 0.25) is 0 Å². The van der Waals surface area contributed by atoms with Crippen LogP contribution in [0.15, 0.2) is 60.8 Å². The monoisotopic (exact) mass is 343 g/mol. The molecule has 1 heterocycles. The third-order valence-electron chi connectivity index (χ3n) is 4.14. The number of H-pyrrole nitrogens is 1. The van der Waals surface area contributed by atoms with Crippen LogP contribution in [0.3, 0.4) is 0 Å². The molecule has 4 heteroatoms. The number of alkyl halides is 3. The maximum atomic E-state index is 12.7. The first-order valence-electron chi connectivity index (χ1n) is 8.28. The lowest BCUT2D eigenvalue weighted by atomic mass is 10.0. The topological polar surface area (TPSA) is 15.8 Å². The molecule has 2 aromatic carbocycles. The predicted octanol–water partition coefficient (Wildman–Crippen LogP) is 6.57. The average Bonchev–Trinajstić information content (AvgIpc) is 3.04. The molecule has 3 aromatic rings. The first kappa shape index (κ1) is 17.3. The smallest absolute Gasteiger partial charge is 0.361 e. The molecule has 0 aliphatic rings. The molecule has 0 aliphatic heterocycles. The summed E-state index contributed by atoms with van der Waals surface area (Å²) < 4.78 is 38.0. The molecule has 0 saturated carbocycles. The predicted molar refractivity (Wildman–Crippen MR) is 95.2 cm³/mol. The summed E-state index contributed by atoms with van der Waals surface area (Å²) in [6.07, 6.45) is -1.44. The van der Waals surface area contributed by atoms with Crippen molar-refractivity contribution in [1.82, 2.24) is 4.98 Å². The highest BCUT2D eigenvalue weighted by atomic mass is 19.4. The summed E-state index contributed by atoms with van der Waals surface area (Å²) in [4.78, 5) is 3.20. The number of hydrogen-bond donors (Lipinski definition) is 1. The minimum absolute atomic E-state index is 0.614. The van der Waals surface area contributed by atoms with Crippen LogP contribution < -0.4 is 0 Å². The number of rotatable bonds is 4. The normalized spacial score (nSPS) is 11.9. The van der Waals surface area contributed by atoms with E-state index >= 15 is 0 Å². The number of halogens is 3. The molecule has 0 unspecified atom stereocenters. The molecule has 0 aliphatic carbocycles. The van der Waals surface area contributed by atoms with E-state index in [1.54, 1.807) is 0 Å². The fraction of sp³-hybridized carbons (Fsp3) is 0.238. The van der Waals surface area contributed by atoms with E-state index in [9.17, 15) is 13.2 Å². The summed E-state index contributed by atoms with van der Waals surface area (Å²) in [7, 11) is 0. The van der Waals surface area contributed by atoms with E-state index in [0.29, 0.717) is 5.92 Å². The van der Waals surface area contributed by atoms with E-state index in [4.69, 9.17) is 0 Å². The standard InChI is InChI=1S/C21H20F3N/c1-14(2)11-15-3-5-17(6-4-15)20-12-18(13-25-20)16-7-9-19(10-8-16)21(22,23)24/h3-10,12-14,25H,11H2,1-2H3. The Morgan fingerprint density at radius 2 is 1.44 bits per heavy atom. The Kier molecular flexibility index (Phi) is 4.71. The zero-order chi connectivity index (χ0) is 18.0. The van der Waals surface area contributed by atoms with Gasteiger partial charge < -0.3 is 4.98 Å². The molecule has 0 atom stereocenters. The Morgan fingerprint density at radius 3 is 2.00 bits per heavy atom. The Balaban J connectivity index is 1.80. The first-order valence-corrected chi connectivity index (χ1v) is 8.28. The Morgan fingerprint density at radius 1 is 0.840 bits per heavy atom. The molecule has 1 aromatic heterocycles. The lowest BCUT2D eigenvalue weighted by Gasteiger charge is -2.07. The van der Waals surface area contributed by atoms with Crippen molar-refractivity contribution < 1.29 is 13.2 Å². The van der Waals surface area contributed by atoms with Crippen LogP contribution >= 0.6 is 0 Å². The number of nitrogens with one attached hydrogen (secondary N) is 1. The molecule has 0 bridgehead atoms. The summed E-state index contributed by atoms with van der Waals surface area (Å²) in [5.41, 5.74) is 4.31. The summed E-state index contributed by atoms with van der Waals surface area (Å²) in [6.45, 7) is 4.38. The Hall–Kier alpha value is -2.49. The van der Waals surface area contributed by atoms with E-state index in [-0.39, 0.29) is 0 Å². The molecule has 1 nitrogen and oxygen atoms in total. The highest BCUT2D eigenvalue weighted by Crippen LogP contribution is 2.32. The van der Waals surface area contributed by atoms with Gasteiger partial charge >= 0.3 is 6.18 Å². The maximum absolute atomic E-state index is 12.7. The summed E-state index contributed by atoms with van der Waals surface area (Å²) in [6, 6.07) is 15.6. The van der Waals surface area contributed by atoms with Crippen LogP contribution in [0.2, 0.25) is 0 Å². The summed E-state index contributed by atoms with van der Waals surface area (Å²) >= 11 is 0. The van der Waals surface area contributed by atoms with Crippen molar-refractivity contribution in [3.63, 3.8) is 0 Å². The van der Waals surface area contributed by atoms with Gasteiger partial charge in [-0.15, -0.1) is 0 Å². The Labute approximate surface area is 145 Å². The molecule has 0 saturated heterocycles. The van der Waals surface area contributed by atoms with Crippen LogP contribution in [0.25, 0.3) is 22.4 Å². The van der Waals surface area contributed by atoms with Crippen LogP contribution in [0.4, 0.5) is 13.2 Å². The lowest BCUT2D eigenvalue weighted by molar-refractivity contribution is -0.137. The molecule has 0 amide bonds. The van der Waals surface area contributed by atoms with E-state index in [2.05, 4.69) is 43.1 Å². The lowest BCUT2D eigenvalue weighted by Crippen LogP contribution is -2.03. The van der Waals surface area contributed by atoms with E-state index < -0.39 is 11.7 Å². The van der Waals surface area contributed by atoms with Gasteiger partial charge in [0.05, 0.1) is 5.56 Å². The van der Waals surface area contributed by atoms with Crippen molar-refractivity contribution in [3.8, 4) is 22.4 Å². The highest BCUT2D eigenvalue weighted by Gasteiger charge is 2.29. The second kappa shape index (κ2) is 6.79. The fourth-order valence-electron chi connectivity index (χ4n) is 2.87. The van der Waals surface area contributed by atoms with Gasteiger partial charge in [0.25, 0.3) is 0 Å². The van der Waals surface area contributed by atoms with Gasteiger partial charge in [0.15, 0.2) is 0 Å². The fourth-order valence-corrected chi connectivity index (χ4v) is 2.87. The second-order valence-electron chi connectivity index (χ2n) is 6.67. The van der Waals surface area contributed by atoms with Crippen molar-refractivity contribution >= 4 is 0 Å². The Bertz CT molecular complexity index is 825. The van der Waals surface area contributed by atoms with Gasteiger partial charge in [-0.3, -0.25) is 0 Å². The van der Waals surface area contributed by atoms with Gasteiger partial charge in [-0.25, -0.2) is 0 Å². The number of aromatic amines is 1. The molecule has 3 rings (SSSR count). The zero-order valence-electron chi connectivity index (χ0n) is 14.2. The van der Waals surface area contributed by atoms with Gasteiger partial charge in [0, 0.05) is 11.9 Å².